The normalized spacial score (nSPS) is 31.7. The lowest BCUT2D eigenvalue weighted by Crippen LogP contribution is -2.67. The summed E-state index contributed by atoms with van der Waals surface area (Å²) in [4.78, 5) is 29.9. The third-order valence-electron chi connectivity index (χ3n) is 3.74. The van der Waals surface area contributed by atoms with E-state index >= 15 is 0 Å². The Labute approximate surface area is 111 Å². The van der Waals surface area contributed by atoms with E-state index in [1.54, 1.807) is 13.8 Å². The van der Waals surface area contributed by atoms with E-state index in [-0.39, 0.29) is 0 Å². The van der Waals surface area contributed by atoms with Crippen molar-refractivity contribution in [3.63, 3.8) is 0 Å². The number of carbonyl (C=O) groups is 2. The Morgan fingerprint density at radius 2 is 1.11 bits per heavy atom. The number of carboxylic acids is 2. The van der Waals surface area contributed by atoms with Gasteiger partial charge in [-0.3, -0.25) is 29.2 Å². The van der Waals surface area contributed by atoms with Crippen LogP contribution in [0.3, 0.4) is 0 Å². The highest BCUT2D eigenvalue weighted by Crippen LogP contribution is 2.18. The Bertz CT molecular complexity index is 332. The van der Waals surface area contributed by atoms with Crippen molar-refractivity contribution in [3.8, 4) is 0 Å². The molecule has 0 radical (unpaired) electrons. The average molecular weight is 272 g/mol. The maximum atomic E-state index is 11.0. The Kier molecular flexibility index (Phi) is 4.04. The summed E-state index contributed by atoms with van der Waals surface area (Å²) in [7, 11) is 0. The molecule has 2 heterocycles. The predicted molar refractivity (Wildman–Crippen MR) is 65.9 cm³/mol. The van der Waals surface area contributed by atoms with Crippen LogP contribution in [-0.2, 0) is 9.59 Å². The molecule has 2 aliphatic rings. The van der Waals surface area contributed by atoms with E-state index < -0.39 is 24.0 Å². The van der Waals surface area contributed by atoms with Crippen LogP contribution in [0.1, 0.15) is 13.8 Å². The number of hydrogen-bond acceptors (Lipinski definition) is 6. The van der Waals surface area contributed by atoms with Crippen LogP contribution in [0.15, 0.2) is 0 Å². The summed E-state index contributed by atoms with van der Waals surface area (Å²) in [6, 6.07) is -1.07. The number of fused-ring (bicyclic) bond motifs is 2. The van der Waals surface area contributed by atoms with Crippen molar-refractivity contribution in [2.75, 3.05) is 33.3 Å². The van der Waals surface area contributed by atoms with Gasteiger partial charge in [-0.25, -0.2) is 0 Å². The van der Waals surface area contributed by atoms with Crippen molar-refractivity contribution >= 4 is 11.9 Å². The number of carboxylic acid groups (broad SMARTS) is 2. The van der Waals surface area contributed by atoms with Gasteiger partial charge in [0.15, 0.2) is 0 Å². The molecular weight excluding hydrogens is 252 g/mol. The van der Waals surface area contributed by atoms with E-state index in [4.69, 9.17) is 10.2 Å². The topological polar surface area (TPSA) is 87.6 Å². The predicted octanol–water partition coefficient (Wildman–Crippen LogP) is -1.04. The molecule has 8 nitrogen and oxygen atoms in total. The minimum absolute atomic E-state index is 0.534. The molecule has 0 aromatic rings. The van der Waals surface area contributed by atoms with Crippen molar-refractivity contribution < 1.29 is 19.8 Å². The first-order chi connectivity index (χ1) is 8.88. The first-order valence-electron chi connectivity index (χ1n) is 6.27. The van der Waals surface area contributed by atoms with Gasteiger partial charge >= 0.3 is 11.9 Å². The van der Waals surface area contributed by atoms with Gasteiger partial charge in [0.1, 0.15) is 12.1 Å². The molecule has 108 valence electrons. The zero-order valence-corrected chi connectivity index (χ0v) is 11.2. The first kappa shape index (κ1) is 14.2. The van der Waals surface area contributed by atoms with Crippen LogP contribution in [0.5, 0.6) is 0 Å². The van der Waals surface area contributed by atoms with Gasteiger partial charge in [-0.05, 0) is 13.8 Å². The molecule has 2 unspecified atom stereocenters. The Balaban J connectivity index is 1.99. The standard InChI is InChI=1S/C11H20N4O4/c1-8(10(16)17)14-4-12-3-13(5-14)7-15(6-12)9(2)11(18)19/h8-9H,3-7H2,1-2H3,(H,16,17)(H,18,19). The molecule has 8 heteroatoms. The Morgan fingerprint density at radius 3 is 1.37 bits per heavy atom. The number of rotatable bonds is 4. The fraction of sp³-hybridized carbons (Fsp3) is 0.818. The summed E-state index contributed by atoms with van der Waals surface area (Å²) in [5, 5.41) is 18.1. The third kappa shape index (κ3) is 3.03. The van der Waals surface area contributed by atoms with Crippen LogP contribution in [0.25, 0.3) is 0 Å². The largest absolute Gasteiger partial charge is 0.480 e. The minimum atomic E-state index is -0.835. The second-order valence-corrected chi connectivity index (χ2v) is 5.25. The first-order valence-corrected chi connectivity index (χ1v) is 6.27. The van der Waals surface area contributed by atoms with Crippen LogP contribution in [-0.4, -0.2) is 87.2 Å². The number of aliphatic carboxylic acids is 2. The summed E-state index contributed by atoms with van der Waals surface area (Å²) in [6.45, 7) is 6.29. The highest BCUT2D eigenvalue weighted by atomic mass is 16.4. The smallest absolute Gasteiger partial charge is 0.320 e. The molecule has 19 heavy (non-hydrogen) atoms. The molecule has 2 saturated heterocycles. The number of hydrogen-bond donors (Lipinski definition) is 2. The molecule has 2 rings (SSSR count). The summed E-state index contributed by atoms with van der Waals surface area (Å²) in [5.41, 5.74) is 0. The molecule has 2 atom stereocenters. The molecule has 0 aromatic heterocycles. The van der Waals surface area contributed by atoms with E-state index in [2.05, 4.69) is 0 Å². The van der Waals surface area contributed by atoms with Crippen LogP contribution >= 0.6 is 0 Å². The molecule has 2 aliphatic heterocycles. The molecule has 0 spiro atoms. The van der Waals surface area contributed by atoms with Crippen LogP contribution in [0, 0.1) is 0 Å². The SMILES string of the molecule is CC(C(=O)O)N1CN2CN(C1)CN(C(C)C(=O)O)C2. The molecule has 2 bridgehead atoms. The average Bonchev–Trinajstić information content (AvgIpc) is 2.35. The van der Waals surface area contributed by atoms with Gasteiger partial charge in [0.2, 0.25) is 0 Å². The highest BCUT2D eigenvalue weighted by Gasteiger charge is 2.36. The van der Waals surface area contributed by atoms with Crippen molar-refractivity contribution in [3.05, 3.63) is 0 Å². The zero-order valence-electron chi connectivity index (χ0n) is 11.2. The van der Waals surface area contributed by atoms with E-state index in [9.17, 15) is 9.59 Å². The molecule has 0 amide bonds. The molecule has 2 N–H and O–H groups in total. The van der Waals surface area contributed by atoms with Gasteiger partial charge in [0.25, 0.3) is 0 Å². The molecule has 0 saturated carbocycles. The fourth-order valence-electron chi connectivity index (χ4n) is 2.47. The Hall–Kier alpha value is -1.22. The van der Waals surface area contributed by atoms with Gasteiger partial charge in [-0.2, -0.15) is 0 Å². The maximum absolute atomic E-state index is 11.0. The Morgan fingerprint density at radius 1 is 0.789 bits per heavy atom. The quantitative estimate of drug-likeness (QED) is 0.671. The second kappa shape index (κ2) is 5.41. The van der Waals surface area contributed by atoms with Crippen LogP contribution in [0.2, 0.25) is 0 Å². The van der Waals surface area contributed by atoms with Gasteiger partial charge in [0, 0.05) is 0 Å². The summed E-state index contributed by atoms with van der Waals surface area (Å²) in [6.07, 6.45) is 0. The summed E-state index contributed by atoms with van der Waals surface area (Å²) >= 11 is 0. The summed E-state index contributed by atoms with van der Waals surface area (Å²) in [5.74, 6) is -1.67. The molecular formula is C11H20N4O4. The van der Waals surface area contributed by atoms with Crippen molar-refractivity contribution in [1.29, 1.82) is 0 Å². The monoisotopic (exact) mass is 272 g/mol. The van der Waals surface area contributed by atoms with Gasteiger partial charge in [-0.15, -0.1) is 0 Å². The van der Waals surface area contributed by atoms with E-state index in [0.29, 0.717) is 26.7 Å². The third-order valence-corrected chi connectivity index (χ3v) is 3.74. The van der Waals surface area contributed by atoms with Crippen LogP contribution < -0.4 is 0 Å². The maximum Gasteiger partial charge on any atom is 0.320 e. The molecule has 0 aliphatic carbocycles. The molecule has 0 aromatic carbocycles. The van der Waals surface area contributed by atoms with Crippen molar-refractivity contribution in [2.24, 2.45) is 0 Å². The van der Waals surface area contributed by atoms with Gasteiger partial charge in [0.05, 0.1) is 33.3 Å². The molecule has 2 fully saturated rings. The second-order valence-electron chi connectivity index (χ2n) is 5.25. The van der Waals surface area contributed by atoms with Crippen molar-refractivity contribution in [1.82, 2.24) is 19.6 Å². The van der Waals surface area contributed by atoms with Crippen LogP contribution in [0.4, 0.5) is 0 Å². The van der Waals surface area contributed by atoms with E-state index in [0.717, 1.165) is 6.67 Å². The lowest BCUT2D eigenvalue weighted by Gasteiger charge is -2.51. The lowest BCUT2D eigenvalue weighted by molar-refractivity contribution is -0.167. The minimum Gasteiger partial charge on any atom is -0.480 e. The lowest BCUT2D eigenvalue weighted by atomic mass is 10.2. The van der Waals surface area contributed by atoms with Gasteiger partial charge in [-0.1, -0.05) is 0 Å². The van der Waals surface area contributed by atoms with Gasteiger partial charge < -0.3 is 10.2 Å². The zero-order chi connectivity index (χ0) is 14.2. The van der Waals surface area contributed by atoms with E-state index in [1.807, 2.05) is 19.6 Å². The van der Waals surface area contributed by atoms with E-state index in [1.165, 1.54) is 0 Å². The highest BCUT2D eigenvalue weighted by molar-refractivity contribution is 5.73. The number of nitrogens with zero attached hydrogens (tertiary/aromatic N) is 4. The van der Waals surface area contributed by atoms with Crippen molar-refractivity contribution in [2.45, 2.75) is 25.9 Å². The summed E-state index contributed by atoms with van der Waals surface area (Å²) < 4.78 is 0. The fourth-order valence-corrected chi connectivity index (χ4v) is 2.47.